The molecule has 6 heteroatoms. The van der Waals surface area contributed by atoms with Crippen molar-refractivity contribution < 1.29 is 13.8 Å². The number of aryl methyl sites for hydroxylation is 1. The quantitative estimate of drug-likeness (QED) is 0.819. The number of rotatable bonds is 5. The molecule has 0 saturated heterocycles. The van der Waals surface area contributed by atoms with Gasteiger partial charge in [-0.15, -0.1) is 0 Å². The third-order valence-corrected chi connectivity index (χ3v) is 4.17. The van der Waals surface area contributed by atoms with Crippen LogP contribution in [0.5, 0.6) is 0 Å². The Labute approximate surface area is 143 Å². The van der Waals surface area contributed by atoms with Gasteiger partial charge >= 0.3 is 11.8 Å². The summed E-state index contributed by atoms with van der Waals surface area (Å²) in [6, 6.07) is 14.3. The van der Waals surface area contributed by atoms with E-state index in [1.54, 1.807) is 42.7 Å². The van der Waals surface area contributed by atoms with Crippen LogP contribution in [0.4, 0.5) is 11.4 Å². The van der Waals surface area contributed by atoms with Crippen LogP contribution < -0.4 is 10.6 Å². The van der Waals surface area contributed by atoms with Gasteiger partial charge in [0.2, 0.25) is 0 Å². The summed E-state index contributed by atoms with van der Waals surface area (Å²) in [7, 11) is -1.04. The molecule has 1 unspecified atom stereocenters. The van der Waals surface area contributed by atoms with Crippen LogP contribution in [0, 0.1) is 0 Å². The second-order valence-electron chi connectivity index (χ2n) is 5.33. The number of nitrogens with one attached hydrogen (secondary N) is 2. The molecule has 2 amide bonds. The highest BCUT2D eigenvalue weighted by atomic mass is 32.2. The average molecular weight is 344 g/mol. The molecule has 2 aromatic carbocycles. The molecule has 2 aromatic rings. The van der Waals surface area contributed by atoms with Crippen LogP contribution in [-0.4, -0.2) is 22.3 Å². The SMILES string of the molecule is CCc1ccc(NC(=O)C(=O)Nc2ccccc2CS(C)=O)cc1. The fourth-order valence-corrected chi connectivity index (χ4v) is 2.87. The van der Waals surface area contributed by atoms with Crippen LogP contribution in [0.2, 0.25) is 0 Å². The summed E-state index contributed by atoms with van der Waals surface area (Å²) in [5.41, 5.74) is 2.94. The molecule has 0 bridgehead atoms. The Morgan fingerprint density at radius 1 is 0.958 bits per heavy atom. The van der Waals surface area contributed by atoms with Crippen molar-refractivity contribution in [1.82, 2.24) is 0 Å². The Morgan fingerprint density at radius 2 is 1.58 bits per heavy atom. The van der Waals surface area contributed by atoms with Gasteiger partial charge in [0.15, 0.2) is 0 Å². The number of carbonyl (C=O) groups is 2. The van der Waals surface area contributed by atoms with Crippen LogP contribution >= 0.6 is 0 Å². The fraction of sp³-hybridized carbons (Fsp3) is 0.222. The largest absolute Gasteiger partial charge is 0.318 e. The Hall–Kier alpha value is -2.47. The van der Waals surface area contributed by atoms with Crippen LogP contribution in [-0.2, 0) is 32.6 Å². The minimum absolute atomic E-state index is 0.316. The van der Waals surface area contributed by atoms with Crippen molar-refractivity contribution >= 4 is 34.0 Å². The molecule has 24 heavy (non-hydrogen) atoms. The van der Waals surface area contributed by atoms with Crippen molar-refractivity contribution in [3.8, 4) is 0 Å². The summed E-state index contributed by atoms with van der Waals surface area (Å²) in [4.78, 5) is 24.1. The molecular formula is C18H20N2O3S. The van der Waals surface area contributed by atoms with Crippen molar-refractivity contribution in [3.63, 3.8) is 0 Å². The first-order valence-electron chi connectivity index (χ1n) is 7.58. The summed E-state index contributed by atoms with van der Waals surface area (Å²) < 4.78 is 11.4. The second kappa shape index (κ2) is 8.40. The van der Waals surface area contributed by atoms with Crippen LogP contribution in [0.25, 0.3) is 0 Å². The zero-order valence-electron chi connectivity index (χ0n) is 13.7. The van der Waals surface area contributed by atoms with Gasteiger partial charge in [-0.1, -0.05) is 37.3 Å². The molecule has 0 aliphatic heterocycles. The predicted octanol–water partition coefficient (Wildman–Crippen LogP) is 2.70. The molecule has 0 spiro atoms. The number of carbonyl (C=O) groups excluding carboxylic acids is 2. The first-order chi connectivity index (χ1) is 11.5. The molecule has 0 radical (unpaired) electrons. The summed E-state index contributed by atoms with van der Waals surface area (Å²) in [5.74, 6) is -1.19. The second-order valence-corrected chi connectivity index (χ2v) is 6.77. The number of hydrogen-bond donors (Lipinski definition) is 2. The summed E-state index contributed by atoms with van der Waals surface area (Å²) in [6.07, 6.45) is 2.50. The van der Waals surface area contributed by atoms with Crippen LogP contribution in [0.3, 0.4) is 0 Å². The van der Waals surface area contributed by atoms with Crippen molar-refractivity contribution in [2.75, 3.05) is 16.9 Å². The van der Waals surface area contributed by atoms with Gasteiger partial charge in [-0.2, -0.15) is 0 Å². The molecule has 1 atom stereocenters. The average Bonchev–Trinajstić information content (AvgIpc) is 2.56. The van der Waals surface area contributed by atoms with E-state index in [-0.39, 0.29) is 0 Å². The molecule has 2 N–H and O–H groups in total. The summed E-state index contributed by atoms with van der Waals surface area (Å²) in [6.45, 7) is 2.04. The molecule has 0 fully saturated rings. The van der Waals surface area contributed by atoms with Crippen molar-refractivity contribution in [1.29, 1.82) is 0 Å². The van der Waals surface area contributed by atoms with Crippen molar-refractivity contribution in [3.05, 3.63) is 59.7 Å². The van der Waals surface area contributed by atoms with Gasteiger partial charge in [0.05, 0.1) is 5.75 Å². The normalized spacial score (nSPS) is 11.6. The topological polar surface area (TPSA) is 75.3 Å². The van der Waals surface area contributed by atoms with E-state index in [4.69, 9.17) is 0 Å². The Bertz CT molecular complexity index is 757. The first kappa shape index (κ1) is 17.9. The molecule has 5 nitrogen and oxygen atoms in total. The predicted molar refractivity (Wildman–Crippen MR) is 97.3 cm³/mol. The molecule has 0 aliphatic carbocycles. The zero-order chi connectivity index (χ0) is 17.5. The van der Waals surface area contributed by atoms with Gasteiger partial charge in [-0.05, 0) is 35.7 Å². The third kappa shape index (κ3) is 5.03. The summed E-state index contributed by atoms with van der Waals surface area (Å²) >= 11 is 0. The molecule has 2 rings (SSSR count). The lowest BCUT2D eigenvalue weighted by Gasteiger charge is -2.10. The Balaban J connectivity index is 2.03. The molecule has 0 aliphatic rings. The van der Waals surface area contributed by atoms with Gasteiger partial charge in [0.25, 0.3) is 0 Å². The third-order valence-electron chi connectivity index (χ3n) is 3.45. The lowest BCUT2D eigenvalue weighted by molar-refractivity contribution is -0.133. The van der Waals surface area contributed by atoms with Gasteiger partial charge in [-0.3, -0.25) is 13.8 Å². The maximum Gasteiger partial charge on any atom is 0.314 e. The molecular weight excluding hydrogens is 324 g/mol. The number of benzene rings is 2. The molecule has 0 aromatic heterocycles. The molecule has 126 valence electrons. The smallest absolute Gasteiger partial charge is 0.314 e. The maximum atomic E-state index is 12.1. The van der Waals surface area contributed by atoms with E-state index < -0.39 is 22.6 Å². The number of hydrogen-bond acceptors (Lipinski definition) is 3. The van der Waals surface area contributed by atoms with Gasteiger partial charge in [0.1, 0.15) is 0 Å². The minimum atomic E-state index is -1.04. The van der Waals surface area contributed by atoms with Gasteiger partial charge in [-0.25, -0.2) is 0 Å². The highest BCUT2D eigenvalue weighted by molar-refractivity contribution is 7.83. The maximum absolute atomic E-state index is 12.1. The highest BCUT2D eigenvalue weighted by Crippen LogP contribution is 2.17. The monoisotopic (exact) mass is 344 g/mol. The van der Waals surface area contributed by atoms with E-state index in [9.17, 15) is 13.8 Å². The highest BCUT2D eigenvalue weighted by Gasteiger charge is 2.15. The van der Waals surface area contributed by atoms with Crippen molar-refractivity contribution in [2.45, 2.75) is 19.1 Å². The van der Waals surface area contributed by atoms with Gasteiger partial charge in [0, 0.05) is 28.4 Å². The van der Waals surface area contributed by atoms with E-state index >= 15 is 0 Å². The fourth-order valence-electron chi connectivity index (χ4n) is 2.18. The van der Waals surface area contributed by atoms with Gasteiger partial charge < -0.3 is 10.6 Å². The molecule has 0 heterocycles. The minimum Gasteiger partial charge on any atom is -0.318 e. The number of amides is 2. The standard InChI is InChI=1S/C18H20N2O3S/c1-3-13-8-10-15(11-9-13)19-17(21)18(22)20-16-7-5-4-6-14(16)12-24(2)23/h4-11H,3,12H2,1-2H3,(H,19,21)(H,20,22). The Kier molecular flexibility index (Phi) is 6.26. The van der Waals surface area contributed by atoms with Crippen LogP contribution in [0.15, 0.2) is 48.5 Å². The number of anilines is 2. The zero-order valence-corrected chi connectivity index (χ0v) is 14.5. The van der Waals surface area contributed by atoms with Crippen LogP contribution in [0.1, 0.15) is 18.1 Å². The lowest BCUT2D eigenvalue weighted by atomic mass is 10.1. The van der Waals surface area contributed by atoms with Crippen molar-refractivity contribution in [2.24, 2.45) is 0 Å². The van der Waals surface area contributed by atoms with E-state index in [1.165, 1.54) is 0 Å². The van der Waals surface area contributed by atoms with E-state index in [0.717, 1.165) is 17.5 Å². The van der Waals surface area contributed by atoms with E-state index in [2.05, 4.69) is 10.6 Å². The summed E-state index contributed by atoms with van der Waals surface area (Å²) in [5, 5.41) is 5.14. The lowest BCUT2D eigenvalue weighted by Crippen LogP contribution is -2.29. The van der Waals surface area contributed by atoms with E-state index in [0.29, 0.717) is 17.1 Å². The Morgan fingerprint density at radius 3 is 2.21 bits per heavy atom. The molecule has 0 saturated carbocycles. The number of para-hydroxylation sites is 1. The van der Waals surface area contributed by atoms with E-state index in [1.807, 2.05) is 19.1 Å². The first-order valence-corrected chi connectivity index (χ1v) is 9.31.